The van der Waals surface area contributed by atoms with Crippen LogP contribution in [0, 0.1) is 0 Å². The number of carboxylic acids is 3. The van der Waals surface area contributed by atoms with Gasteiger partial charge < -0.3 is 30.1 Å². The van der Waals surface area contributed by atoms with Gasteiger partial charge in [0.15, 0.2) is 5.78 Å². The fourth-order valence-corrected chi connectivity index (χ4v) is 3.74. The lowest BCUT2D eigenvalue weighted by atomic mass is 10.3. The molecule has 0 aliphatic carbocycles. The van der Waals surface area contributed by atoms with Crippen molar-refractivity contribution in [2.75, 3.05) is 112 Å². The second kappa shape index (κ2) is 19.4. The van der Waals surface area contributed by atoms with E-state index in [1.54, 1.807) is 14.7 Å². The lowest BCUT2D eigenvalue weighted by Crippen LogP contribution is -2.50. The van der Waals surface area contributed by atoms with Crippen LogP contribution in [-0.4, -0.2) is 176 Å². The summed E-state index contributed by atoms with van der Waals surface area (Å²) in [6.07, 6.45) is 0. The van der Waals surface area contributed by atoms with Gasteiger partial charge in [0.2, 0.25) is 5.91 Å². The molecule has 1 aliphatic rings. The molecule has 15 nitrogen and oxygen atoms in total. The number of aliphatic carboxylic acids is 3. The summed E-state index contributed by atoms with van der Waals surface area (Å²) in [5, 5.41) is 30.5. The van der Waals surface area contributed by atoms with Gasteiger partial charge in [-0.25, -0.2) is 0 Å². The Morgan fingerprint density at radius 2 is 0.974 bits per heavy atom. The minimum atomic E-state index is -1.02. The molecule has 1 fully saturated rings. The zero-order valence-electron chi connectivity index (χ0n) is 22.0. The van der Waals surface area contributed by atoms with Gasteiger partial charge in [-0.2, -0.15) is 0 Å². The first-order chi connectivity index (χ1) is 18.0. The Balaban J connectivity index is 2.68. The maximum Gasteiger partial charge on any atom is 0.317 e. The van der Waals surface area contributed by atoms with E-state index in [9.17, 15) is 39.3 Å². The van der Waals surface area contributed by atoms with E-state index >= 15 is 0 Å². The first kappa shape index (κ1) is 33.3. The Bertz CT molecular complexity index is 737. The molecular weight excluding hydrogens is 506 g/mol. The average Bonchev–Trinajstić information content (AvgIpc) is 2.81. The number of nitrogens with zero attached hydrogens (tertiary/aromatic N) is 4. The Kier molecular flexibility index (Phi) is 17.0. The fraction of sp³-hybridized carbons (Fsp3) is 0.783. The predicted molar refractivity (Wildman–Crippen MR) is 134 cm³/mol. The van der Waals surface area contributed by atoms with Crippen LogP contribution in [0.5, 0.6) is 0 Å². The van der Waals surface area contributed by atoms with Crippen molar-refractivity contribution in [3.63, 3.8) is 0 Å². The third-order valence-electron chi connectivity index (χ3n) is 5.62. The lowest BCUT2D eigenvalue weighted by Gasteiger charge is -2.32. The molecule has 0 aromatic carbocycles. The fourth-order valence-electron chi connectivity index (χ4n) is 3.74. The zero-order chi connectivity index (χ0) is 28.3. The lowest BCUT2D eigenvalue weighted by molar-refractivity contribution is -0.140. The number of nitrogens with one attached hydrogen (secondary N) is 1. The van der Waals surface area contributed by atoms with Gasteiger partial charge >= 0.3 is 17.9 Å². The second-order valence-corrected chi connectivity index (χ2v) is 9.00. The van der Waals surface area contributed by atoms with Gasteiger partial charge in [0, 0.05) is 58.9 Å². The minimum Gasteiger partial charge on any atom is -0.480 e. The van der Waals surface area contributed by atoms with Crippen molar-refractivity contribution in [3.05, 3.63) is 0 Å². The molecule has 0 bridgehead atoms. The van der Waals surface area contributed by atoms with E-state index in [0.717, 1.165) is 0 Å². The van der Waals surface area contributed by atoms with E-state index in [4.69, 9.17) is 9.47 Å². The molecule has 0 aromatic heterocycles. The molecule has 0 atom stereocenters. The van der Waals surface area contributed by atoms with E-state index in [1.165, 1.54) is 6.92 Å². The summed E-state index contributed by atoms with van der Waals surface area (Å²) in [4.78, 5) is 64.2. The Morgan fingerprint density at radius 1 is 0.605 bits per heavy atom. The summed E-state index contributed by atoms with van der Waals surface area (Å²) in [7, 11) is 0. The number of rotatable bonds is 16. The summed E-state index contributed by atoms with van der Waals surface area (Å²) in [5.74, 6) is -3.36. The third-order valence-corrected chi connectivity index (χ3v) is 5.62. The minimum absolute atomic E-state index is 0.0321. The highest BCUT2D eigenvalue weighted by molar-refractivity contribution is 5.78. The molecule has 0 saturated carbocycles. The van der Waals surface area contributed by atoms with Gasteiger partial charge in [-0.05, 0) is 6.92 Å². The third kappa shape index (κ3) is 17.7. The number of carboxylic acid groups (broad SMARTS) is 3. The predicted octanol–water partition coefficient (Wildman–Crippen LogP) is -2.80. The molecular formula is C23H41N5O10. The van der Waals surface area contributed by atoms with Crippen molar-refractivity contribution in [2.24, 2.45) is 0 Å². The molecule has 0 radical (unpaired) electrons. The van der Waals surface area contributed by atoms with Crippen LogP contribution in [-0.2, 0) is 33.4 Å². The van der Waals surface area contributed by atoms with Crippen LogP contribution in [0.15, 0.2) is 0 Å². The zero-order valence-corrected chi connectivity index (χ0v) is 22.0. The molecule has 0 unspecified atom stereocenters. The van der Waals surface area contributed by atoms with Crippen LogP contribution in [0.3, 0.4) is 0 Å². The summed E-state index contributed by atoms with van der Waals surface area (Å²) >= 11 is 0. The highest BCUT2D eigenvalue weighted by Crippen LogP contribution is 2.01. The van der Waals surface area contributed by atoms with Gasteiger partial charge in [-0.1, -0.05) is 0 Å². The first-order valence-corrected chi connectivity index (χ1v) is 12.5. The summed E-state index contributed by atoms with van der Waals surface area (Å²) in [5.41, 5.74) is 0. The standard InChI is InChI=1S/C23H41N5O10/c1-19(29)18-38-13-12-37-11-2-24-20(30)14-25-3-5-26(15-21(31)32)7-9-28(17-23(35)36)10-8-27(6-4-25)16-22(33)34/h2-18H2,1H3,(H,24,30)(H,31,32)(H,33,34)(H,35,36). The van der Waals surface area contributed by atoms with Crippen LogP contribution in [0.25, 0.3) is 0 Å². The Morgan fingerprint density at radius 3 is 1.34 bits per heavy atom. The number of carbonyl (C=O) groups is 5. The molecule has 0 spiro atoms. The highest BCUT2D eigenvalue weighted by Gasteiger charge is 2.21. The van der Waals surface area contributed by atoms with Crippen LogP contribution < -0.4 is 5.32 Å². The summed E-state index contributed by atoms with van der Waals surface area (Å²) < 4.78 is 10.4. The number of Topliss-reactive ketones (excluding diaryl/α,β-unsaturated/α-hetero) is 1. The van der Waals surface area contributed by atoms with Crippen LogP contribution >= 0.6 is 0 Å². The van der Waals surface area contributed by atoms with Crippen molar-refractivity contribution in [3.8, 4) is 0 Å². The van der Waals surface area contributed by atoms with Crippen LogP contribution in [0.4, 0.5) is 0 Å². The Hall–Kier alpha value is -2.69. The molecule has 0 aromatic rings. The molecule has 38 heavy (non-hydrogen) atoms. The van der Waals surface area contributed by atoms with E-state index in [2.05, 4.69) is 5.32 Å². The molecule has 218 valence electrons. The largest absolute Gasteiger partial charge is 0.480 e. The smallest absolute Gasteiger partial charge is 0.317 e. The molecule has 4 N–H and O–H groups in total. The molecule has 15 heteroatoms. The normalized spacial score (nSPS) is 17.3. The van der Waals surface area contributed by atoms with Crippen molar-refractivity contribution in [1.29, 1.82) is 0 Å². The van der Waals surface area contributed by atoms with E-state index < -0.39 is 17.9 Å². The summed E-state index contributed by atoms with van der Waals surface area (Å²) in [6.45, 7) is 4.56. The molecule has 1 rings (SSSR count). The van der Waals surface area contributed by atoms with E-state index in [-0.39, 0.29) is 70.8 Å². The van der Waals surface area contributed by atoms with Crippen molar-refractivity contribution >= 4 is 29.6 Å². The molecule has 1 amide bonds. The number of carbonyl (C=O) groups excluding carboxylic acids is 2. The summed E-state index contributed by atoms with van der Waals surface area (Å²) in [6, 6.07) is 0. The van der Waals surface area contributed by atoms with Crippen LogP contribution in [0.2, 0.25) is 0 Å². The molecule has 1 heterocycles. The maximum absolute atomic E-state index is 12.5. The highest BCUT2D eigenvalue weighted by atomic mass is 16.5. The van der Waals surface area contributed by atoms with Gasteiger partial charge in [-0.15, -0.1) is 0 Å². The van der Waals surface area contributed by atoms with Crippen LogP contribution in [0.1, 0.15) is 6.92 Å². The van der Waals surface area contributed by atoms with E-state index in [1.807, 2.05) is 4.90 Å². The van der Waals surface area contributed by atoms with Gasteiger partial charge in [-0.3, -0.25) is 43.6 Å². The number of hydrogen-bond donors (Lipinski definition) is 4. The molecule has 1 aliphatic heterocycles. The average molecular weight is 548 g/mol. The number of amides is 1. The van der Waals surface area contributed by atoms with Gasteiger partial charge in [0.1, 0.15) is 6.61 Å². The topological polar surface area (TPSA) is 189 Å². The van der Waals surface area contributed by atoms with Crippen molar-refractivity contribution < 1.29 is 48.8 Å². The maximum atomic E-state index is 12.5. The number of ketones is 1. The number of hydrogen-bond acceptors (Lipinski definition) is 11. The van der Waals surface area contributed by atoms with Crippen molar-refractivity contribution in [1.82, 2.24) is 24.9 Å². The van der Waals surface area contributed by atoms with Crippen molar-refractivity contribution in [2.45, 2.75) is 6.92 Å². The molecule has 1 saturated heterocycles. The monoisotopic (exact) mass is 547 g/mol. The first-order valence-electron chi connectivity index (χ1n) is 12.5. The Labute approximate surface area is 222 Å². The quantitative estimate of drug-likeness (QED) is 0.145. The number of ether oxygens (including phenoxy) is 2. The van der Waals surface area contributed by atoms with Gasteiger partial charge in [0.25, 0.3) is 0 Å². The SMILES string of the molecule is CC(=O)COCCOCCNC(=O)CN1CCN(CC(=O)O)CCN(CC(=O)O)CCN(CC(=O)O)CC1. The van der Waals surface area contributed by atoms with Gasteiger partial charge in [0.05, 0.1) is 46.0 Å². The second-order valence-electron chi connectivity index (χ2n) is 9.00. The van der Waals surface area contributed by atoms with E-state index in [0.29, 0.717) is 52.4 Å².